The molecule has 182 valence electrons. The Balaban J connectivity index is 1.53. The largest absolute Gasteiger partial charge is 0.483 e. The van der Waals surface area contributed by atoms with Crippen molar-refractivity contribution in [2.45, 2.75) is 20.3 Å². The van der Waals surface area contributed by atoms with Crippen molar-refractivity contribution < 1.29 is 19.1 Å². The van der Waals surface area contributed by atoms with Gasteiger partial charge in [-0.15, -0.1) is 0 Å². The summed E-state index contributed by atoms with van der Waals surface area (Å²) >= 11 is 5.28. The molecule has 0 saturated carbocycles. The summed E-state index contributed by atoms with van der Waals surface area (Å²) in [5.41, 5.74) is 3.82. The molecule has 1 saturated heterocycles. The van der Waals surface area contributed by atoms with E-state index in [1.807, 2.05) is 50.2 Å². The number of carbonyl (C=O) groups excluding carboxylic acids is 3. The molecule has 1 heterocycles. The molecule has 0 atom stereocenters. The molecule has 3 aromatic rings. The predicted molar refractivity (Wildman–Crippen MR) is 144 cm³/mol. The lowest BCUT2D eigenvalue weighted by Gasteiger charge is -2.29. The van der Waals surface area contributed by atoms with Crippen molar-refractivity contribution in [3.63, 3.8) is 0 Å². The van der Waals surface area contributed by atoms with Crippen LogP contribution in [0.3, 0.4) is 0 Å². The summed E-state index contributed by atoms with van der Waals surface area (Å²) in [6.45, 7) is 3.76. The second-order valence-corrected chi connectivity index (χ2v) is 8.61. The minimum Gasteiger partial charge on any atom is -0.483 e. The number of carbonyl (C=O) groups is 3. The highest BCUT2D eigenvalue weighted by molar-refractivity contribution is 7.80. The van der Waals surface area contributed by atoms with Gasteiger partial charge in [0, 0.05) is 11.3 Å². The van der Waals surface area contributed by atoms with Gasteiger partial charge in [0.1, 0.15) is 11.3 Å². The van der Waals surface area contributed by atoms with E-state index in [2.05, 4.69) is 10.6 Å². The zero-order valence-electron chi connectivity index (χ0n) is 19.9. The summed E-state index contributed by atoms with van der Waals surface area (Å²) in [5.74, 6) is -1.12. The molecule has 4 rings (SSSR count). The van der Waals surface area contributed by atoms with Crippen molar-refractivity contribution in [2.75, 3.05) is 16.8 Å². The molecule has 0 spiro atoms. The number of nitrogens with one attached hydrogen (secondary N) is 2. The summed E-state index contributed by atoms with van der Waals surface area (Å²) in [6.07, 6.45) is 2.31. The highest BCUT2D eigenvalue weighted by Crippen LogP contribution is 2.26. The molecule has 2 N–H and O–H groups in total. The maximum atomic E-state index is 13.3. The fraction of sp³-hybridized carbons (Fsp3) is 0.143. The van der Waals surface area contributed by atoms with Gasteiger partial charge in [-0.3, -0.25) is 24.6 Å². The molecule has 1 fully saturated rings. The van der Waals surface area contributed by atoms with Crippen LogP contribution in [0.15, 0.2) is 78.4 Å². The quantitative estimate of drug-likeness (QED) is 0.286. The van der Waals surface area contributed by atoms with Gasteiger partial charge in [0.05, 0.1) is 5.69 Å². The number of para-hydroxylation sites is 1. The minimum absolute atomic E-state index is 0.0173. The van der Waals surface area contributed by atoms with Crippen LogP contribution >= 0.6 is 12.2 Å². The molecule has 1 aliphatic heterocycles. The number of benzene rings is 3. The highest BCUT2D eigenvalue weighted by Gasteiger charge is 2.34. The number of thiocarbonyl (C=S) groups is 1. The number of ether oxygens (including phenoxy) is 1. The fourth-order valence-electron chi connectivity index (χ4n) is 3.64. The molecule has 3 amide bonds. The van der Waals surface area contributed by atoms with E-state index in [0.29, 0.717) is 22.7 Å². The van der Waals surface area contributed by atoms with Crippen LogP contribution in [-0.2, 0) is 20.8 Å². The molecule has 0 aromatic heterocycles. The topological polar surface area (TPSA) is 87.7 Å². The SMILES string of the molecule is CCc1ccc(N2C(=O)C(=Cc3ccccc3OCC(=O)Nc3ccc(C)cc3)C(=O)NC2=S)cc1. The van der Waals surface area contributed by atoms with E-state index >= 15 is 0 Å². The Labute approximate surface area is 214 Å². The number of hydrogen-bond acceptors (Lipinski definition) is 5. The van der Waals surface area contributed by atoms with Crippen molar-refractivity contribution in [2.24, 2.45) is 0 Å². The Bertz CT molecular complexity index is 1350. The highest BCUT2D eigenvalue weighted by atomic mass is 32.1. The van der Waals surface area contributed by atoms with Gasteiger partial charge in [-0.05, 0) is 67.5 Å². The van der Waals surface area contributed by atoms with Crippen molar-refractivity contribution in [1.29, 1.82) is 0 Å². The lowest BCUT2D eigenvalue weighted by molar-refractivity contribution is -0.122. The molecule has 36 heavy (non-hydrogen) atoms. The molecular weight excluding hydrogens is 474 g/mol. The van der Waals surface area contributed by atoms with Gasteiger partial charge in [0.2, 0.25) is 0 Å². The van der Waals surface area contributed by atoms with Crippen molar-refractivity contribution in [1.82, 2.24) is 5.32 Å². The van der Waals surface area contributed by atoms with Crippen LogP contribution in [0.4, 0.5) is 11.4 Å². The minimum atomic E-state index is -0.599. The number of rotatable bonds is 7. The standard InChI is InChI=1S/C28H25N3O4S/c1-3-19-10-14-22(15-11-19)31-27(34)23(26(33)30-28(31)36)16-20-6-4-5-7-24(20)35-17-25(32)29-21-12-8-18(2)9-13-21/h4-16H,3,17H2,1-2H3,(H,29,32)(H,30,33,36). The zero-order valence-corrected chi connectivity index (χ0v) is 20.7. The number of aryl methyl sites for hydroxylation is 2. The first kappa shape index (κ1) is 24.8. The number of amides is 3. The Morgan fingerprint density at radius 1 is 1.03 bits per heavy atom. The number of hydrogen-bond donors (Lipinski definition) is 2. The maximum Gasteiger partial charge on any atom is 0.270 e. The molecule has 0 radical (unpaired) electrons. The van der Waals surface area contributed by atoms with E-state index in [0.717, 1.165) is 17.5 Å². The summed E-state index contributed by atoms with van der Waals surface area (Å²) in [6, 6.07) is 21.7. The summed E-state index contributed by atoms with van der Waals surface area (Å²) < 4.78 is 5.73. The summed E-state index contributed by atoms with van der Waals surface area (Å²) in [5, 5.41) is 5.37. The maximum absolute atomic E-state index is 13.3. The van der Waals surface area contributed by atoms with Crippen LogP contribution in [0.1, 0.15) is 23.6 Å². The van der Waals surface area contributed by atoms with Gasteiger partial charge >= 0.3 is 0 Å². The first-order chi connectivity index (χ1) is 17.4. The lowest BCUT2D eigenvalue weighted by atomic mass is 10.1. The van der Waals surface area contributed by atoms with Crippen LogP contribution in [-0.4, -0.2) is 29.4 Å². The van der Waals surface area contributed by atoms with Crippen molar-refractivity contribution >= 4 is 52.5 Å². The van der Waals surface area contributed by atoms with Crippen LogP contribution in [0.25, 0.3) is 6.08 Å². The third kappa shape index (κ3) is 5.67. The Kier molecular flexibility index (Phi) is 7.56. The first-order valence-corrected chi connectivity index (χ1v) is 11.9. The van der Waals surface area contributed by atoms with E-state index in [1.54, 1.807) is 36.4 Å². The van der Waals surface area contributed by atoms with E-state index in [1.165, 1.54) is 11.0 Å². The molecule has 0 unspecified atom stereocenters. The van der Waals surface area contributed by atoms with E-state index < -0.39 is 11.8 Å². The van der Waals surface area contributed by atoms with Gasteiger partial charge in [0.15, 0.2) is 11.7 Å². The molecular formula is C28H25N3O4S. The van der Waals surface area contributed by atoms with Gasteiger partial charge in [0.25, 0.3) is 17.7 Å². The molecule has 0 bridgehead atoms. The Morgan fingerprint density at radius 3 is 2.42 bits per heavy atom. The molecule has 7 nitrogen and oxygen atoms in total. The van der Waals surface area contributed by atoms with E-state index in [4.69, 9.17) is 17.0 Å². The van der Waals surface area contributed by atoms with E-state index in [9.17, 15) is 14.4 Å². The van der Waals surface area contributed by atoms with Gasteiger partial charge in [-0.2, -0.15) is 0 Å². The predicted octanol–water partition coefficient (Wildman–Crippen LogP) is 4.41. The van der Waals surface area contributed by atoms with Crippen LogP contribution < -0.4 is 20.3 Å². The summed E-state index contributed by atoms with van der Waals surface area (Å²) in [7, 11) is 0. The van der Waals surface area contributed by atoms with E-state index in [-0.39, 0.29) is 23.2 Å². The second-order valence-electron chi connectivity index (χ2n) is 8.22. The molecule has 8 heteroatoms. The van der Waals surface area contributed by atoms with Gasteiger partial charge in [-0.1, -0.05) is 55.0 Å². The number of anilines is 2. The third-order valence-corrected chi connectivity index (χ3v) is 5.90. The Morgan fingerprint density at radius 2 is 1.72 bits per heavy atom. The fourth-order valence-corrected chi connectivity index (χ4v) is 3.92. The van der Waals surface area contributed by atoms with Crippen molar-refractivity contribution in [3.05, 3.63) is 95.1 Å². The molecule has 3 aromatic carbocycles. The van der Waals surface area contributed by atoms with Crippen molar-refractivity contribution in [3.8, 4) is 5.75 Å². The molecule has 0 aliphatic carbocycles. The van der Waals surface area contributed by atoms with Gasteiger partial charge < -0.3 is 10.1 Å². The summed E-state index contributed by atoms with van der Waals surface area (Å²) in [4.78, 5) is 39.7. The second kappa shape index (κ2) is 11.0. The zero-order chi connectivity index (χ0) is 25.7. The lowest BCUT2D eigenvalue weighted by Crippen LogP contribution is -2.54. The van der Waals surface area contributed by atoms with Crippen LogP contribution in [0, 0.1) is 6.92 Å². The number of nitrogens with zero attached hydrogens (tertiary/aromatic N) is 1. The monoisotopic (exact) mass is 499 g/mol. The first-order valence-electron chi connectivity index (χ1n) is 11.4. The normalized spacial score (nSPS) is 14.6. The van der Waals surface area contributed by atoms with Crippen LogP contribution in [0.2, 0.25) is 0 Å². The Hall–Kier alpha value is -4.30. The van der Waals surface area contributed by atoms with Gasteiger partial charge in [-0.25, -0.2) is 0 Å². The van der Waals surface area contributed by atoms with Crippen LogP contribution in [0.5, 0.6) is 5.75 Å². The molecule has 1 aliphatic rings. The smallest absolute Gasteiger partial charge is 0.270 e. The average molecular weight is 500 g/mol. The average Bonchev–Trinajstić information content (AvgIpc) is 2.87. The third-order valence-electron chi connectivity index (χ3n) is 5.62.